The predicted molar refractivity (Wildman–Crippen MR) is 83.3 cm³/mol. The van der Waals surface area contributed by atoms with Crippen LogP contribution in [0.2, 0.25) is 0 Å². The highest BCUT2D eigenvalue weighted by atomic mass is 32.1. The number of fused-ring (bicyclic) bond motifs is 1. The molecule has 1 saturated heterocycles. The highest BCUT2D eigenvalue weighted by molar-refractivity contribution is 7.16. The Kier molecular flexibility index (Phi) is 3.58. The van der Waals surface area contributed by atoms with E-state index in [1.807, 2.05) is 0 Å². The molecule has 1 aliphatic rings. The van der Waals surface area contributed by atoms with Gasteiger partial charge in [0.25, 0.3) is 5.56 Å². The summed E-state index contributed by atoms with van der Waals surface area (Å²) in [4.78, 5) is 29.7. The summed E-state index contributed by atoms with van der Waals surface area (Å²) in [5.74, 6) is 0.0240. The predicted octanol–water partition coefficient (Wildman–Crippen LogP) is -0.597. The fourth-order valence-corrected chi connectivity index (χ4v) is 3.45. The van der Waals surface area contributed by atoms with Gasteiger partial charge in [0.05, 0.1) is 18.3 Å². The van der Waals surface area contributed by atoms with Gasteiger partial charge >= 0.3 is 0 Å². The van der Waals surface area contributed by atoms with Gasteiger partial charge < -0.3 is 10.1 Å². The van der Waals surface area contributed by atoms with Crippen molar-refractivity contribution in [1.82, 2.24) is 35.5 Å². The van der Waals surface area contributed by atoms with E-state index < -0.39 is 5.54 Å². The molecule has 1 amide bonds. The molecule has 4 rings (SSSR count). The van der Waals surface area contributed by atoms with Gasteiger partial charge in [-0.05, 0) is 11.4 Å². The van der Waals surface area contributed by atoms with E-state index >= 15 is 0 Å². The van der Waals surface area contributed by atoms with Gasteiger partial charge in [0.2, 0.25) is 11.7 Å². The van der Waals surface area contributed by atoms with E-state index in [-0.39, 0.29) is 24.6 Å². The van der Waals surface area contributed by atoms with Crippen molar-refractivity contribution >= 4 is 27.5 Å². The Balaban J connectivity index is 1.57. The molecule has 10 nitrogen and oxygen atoms in total. The Morgan fingerprint density at radius 2 is 2.46 bits per heavy atom. The van der Waals surface area contributed by atoms with E-state index in [0.717, 1.165) is 0 Å². The van der Waals surface area contributed by atoms with Crippen LogP contribution >= 0.6 is 11.3 Å². The molecule has 11 heteroatoms. The number of carbonyl (C=O) groups excluding carboxylic acids is 1. The molecule has 4 heterocycles. The number of thiophene rings is 1. The molecule has 1 atom stereocenters. The van der Waals surface area contributed by atoms with Crippen LogP contribution < -0.4 is 10.9 Å². The summed E-state index contributed by atoms with van der Waals surface area (Å²) in [6.07, 6.45) is 1.92. The van der Waals surface area contributed by atoms with Crippen molar-refractivity contribution in [3.05, 3.63) is 34.0 Å². The van der Waals surface area contributed by atoms with E-state index in [1.54, 1.807) is 11.4 Å². The van der Waals surface area contributed by atoms with Crippen LogP contribution in [0, 0.1) is 0 Å². The molecule has 1 aliphatic heterocycles. The first-order valence-electron chi connectivity index (χ1n) is 7.23. The number of nitrogens with zero attached hydrogens (tertiary/aromatic N) is 5. The summed E-state index contributed by atoms with van der Waals surface area (Å²) >= 11 is 1.38. The maximum absolute atomic E-state index is 12.5. The highest BCUT2D eigenvalue weighted by Crippen LogP contribution is 2.27. The Hall–Kier alpha value is -2.66. The highest BCUT2D eigenvalue weighted by Gasteiger charge is 2.42. The molecular weight excluding hydrogens is 334 g/mol. The molecule has 1 fully saturated rings. The van der Waals surface area contributed by atoms with E-state index in [1.165, 1.54) is 22.2 Å². The van der Waals surface area contributed by atoms with Crippen molar-refractivity contribution in [2.75, 3.05) is 13.2 Å². The van der Waals surface area contributed by atoms with Gasteiger partial charge in [-0.3, -0.25) is 14.2 Å². The lowest BCUT2D eigenvalue weighted by Crippen LogP contribution is -2.49. The Morgan fingerprint density at radius 3 is 3.21 bits per heavy atom. The molecule has 0 aliphatic carbocycles. The van der Waals surface area contributed by atoms with Crippen LogP contribution in [-0.2, 0) is 21.6 Å². The lowest BCUT2D eigenvalue weighted by atomic mass is 9.98. The first-order chi connectivity index (χ1) is 11.7. The molecule has 0 bridgehead atoms. The number of carbonyl (C=O) groups is 1. The van der Waals surface area contributed by atoms with E-state index in [9.17, 15) is 9.59 Å². The molecule has 24 heavy (non-hydrogen) atoms. The normalized spacial score (nSPS) is 20.5. The topological polar surface area (TPSA) is 128 Å². The third-order valence-corrected chi connectivity index (χ3v) is 4.76. The van der Waals surface area contributed by atoms with Crippen LogP contribution in [-0.4, -0.2) is 49.3 Å². The second-order valence-electron chi connectivity index (χ2n) is 5.49. The number of tetrazole rings is 1. The number of H-pyrrole nitrogens is 1. The number of hydrogen-bond acceptors (Lipinski definition) is 8. The number of aromatic nitrogens is 6. The Morgan fingerprint density at radius 1 is 1.54 bits per heavy atom. The number of rotatable bonds is 4. The number of nitrogens with one attached hydrogen (secondary N) is 2. The van der Waals surface area contributed by atoms with Crippen molar-refractivity contribution in [2.45, 2.75) is 18.5 Å². The van der Waals surface area contributed by atoms with Crippen LogP contribution in [0.15, 0.2) is 22.6 Å². The Bertz CT molecular complexity index is 927. The summed E-state index contributed by atoms with van der Waals surface area (Å²) in [5, 5.41) is 19.0. The van der Waals surface area contributed by atoms with Crippen LogP contribution in [0.4, 0.5) is 0 Å². The van der Waals surface area contributed by atoms with Crippen LogP contribution in [0.5, 0.6) is 0 Å². The van der Waals surface area contributed by atoms with E-state index in [2.05, 4.69) is 30.9 Å². The quantitative estimate of drug-likeness (QED) is 0.645. The third kappa shape index (κ3) is 2.47. The zero-order valence-corrected chi connectivity index (χ0v) is 13.2. The molecule has 2 N–H and O–H groups in total. The second kappa shape index (κ2) is 5.76. The average molecular weight is 347 g/mol. The Labute approximate surface area is 138 Å². The number of amides is 1. The zero-order chi connectivity index (χ0) is 16.6. The minimum absolute atomic E-state index is 0.142. The van der Waals surface area contributed by atoms with Crippen molar-refractivity contribution in [2.24, 2.45) is 0 Å². The van der Waals surface area contributed by atoms with Crippen molar-refractivity contribution in [1.29, 1.82) is 0 Å². The number of ether oxygens (including phenoxy) is 1. The van der Waals surface area contributed by atoms with E-state index in [4.69, 9.17) is 4.74 Å². The maximum Gasteiger partial charge on any atom is 0.262 e. The zero-order valence-electron chi connectivity index (χ0n) is 12.4. The summed E-state index contributed by atoms with van der Waals surface area (Å²) in [7, 11) is 0. The minimum atomic E-state index is -0.826. The average Bonchev–Trinajstić information content (AvgIpc) is 3.30. The third-order valence-electron chi connectivity index (χ3n) is 3.94. The summed E-state index contributed by atoms with van der Waals surface area (Å²) in [5.41, 5.74) is -1.07. The molecule has 124 valence electrons. The first-order valence-corrected chi connectivity index (χ1v) is 8.11. The monoisotopic (exact) mass is 347 g/mol. The SMILES string of the molecule is O=C(Cn1cnc2sccc2c1=O)NC1(c2nn[nH]n2)CCOC1. The number of hydrogen-bond donors (Lipinski definition) is 2. The van der Waals surface area contributed by atoms with Crippen molar-refractivity contribution < 1.29 is 9.53 Å². The minimum Gasteiger partial charge on any atom is -0.378 e. The van der Waals surface area contributed by atoms with Gasteiger partial charge in [0.15, 0.2) is 0 Å². The number of aromatic amines is 1. The summed E-state index contributed by atoms with van der Waals surface area (Å²) < 4.78 is 6.67. The largest absolute Gasteiger partial charge is 0.378 e. The molecule has 0 saturated carbocycles. The van der Waals surface area contributed by atoms with Gasteiger partial charge in [0, 0.05) is 13.0 Å². The fraction of sp³-hybridized carbons (Fsp3) is 0.385. The summed E-state index contributed by atoms with van der Waals surface area (Å²) in [6, 6.07) is 1.70. The van der Waals surface area contributed by atoms with Crippen LogP contribution in [0.3, 0.4) is 0 Å². The summed E-state index contributed by atoms with van der Waals surface area (Å²) in [6.45, 7) is 0.601. The van der Waals surface area contributed by atoms with Crippen molar-refractivity contribution in [3.8, 4) is 0 Å². The van der Waals surface area contributed by atoms with E-state index in [0.29, 0.717) is 29.1 Å². The van der Waals surface area contributed by atoms with Gasteiger partial charge in [-0.25, -0.2) is 4.98 Å². The molecule has 0 radical (unpaired) electrons. The lowest BCUT2D eigenvalue weighted by molar-refractivity contribution is -0.124. The molecule has 0 aromatic carbocycles. The first kappa shape index (κ1) is 14.9. The fourth-order valence-electron chi connectivity index (χ4n) is 2.73. The second-order valence-corrected chi connectivity index (χ2v) is 6.38. The lowest BCUT2D eigenvalue weighted by Gasteiger charge is -2.25. The van der Waals surface area contributed by atoms with Crippen LogP contribution in [0.25, 0.3) is 10.2 Å². The molecule has 3 aromatic rings. The molecule has 0 spiro atoms. The van der Waals surface area contributed by atoms with Gasteiger partial charge in [0.1, 0.15) is 16.9 Å². The smallest absolute Gasteiger partial charge is 0.262 e. The van der Waals surface area contributed by atoms with Crippen molar-refractivity contribution in [3.63, 3.8) is 0 Å². The maximum atomic E-state index is 12.5. The molecule has 1 unspecified atom stereocenters. The standard InChI is InChI=1S/C13H13N7O3S/c21-9(5-20-7-14-10-8(11(20)22)1-4-24-10)15-13(2-3-23-6-13)12-16-18-19-17-12/h1,4,7H,2-3,5-6H2,(H,15,21)(H,16,17,18,19). The van der Waals surface area contributed by atoms with Gasteiger partial charge in [-0.2, -0.15) is 5.21 Å². The van der Waals surface area contributed by atoms with Crippen LogP contribution in [0.1, 0.15) is 12.2 Å². The van der Waals surface area contributed by atoms with Gasteiger partial charge in [-0.1, -0.05) is 5.21 Å². The molecular formula is C13H13N7O3S. The molecule has 3 aromatic heterocycles. The van der Waals surface area contributed by atoms with Gasteiger partial charge in [-0.15, -0.1) is 21.5 Å².